The molecule has 3 rings (SSSR count). The van der Waals surface area contributed by atoms with Gasteiger partial charge in [-0.25, -0.2) is 13.4 Å². The summed E-state index contributed by atoms with van der Waals surface area (Å²) in [5.74, 6) is 0.647. The third kappa shape index (κ3) is 4.42. The van der Waals surface area contributed by atoms with E-state index in [1.807, 2.05) is 30.9 Å². The van der Waals surface area contributed by atoms with Gasteiger partial charge in [-0.3, -0.25) is 4.90 Å². The van der Waals surface area contributed by atoms with E-state index in [1.165, 1.54) is 24.7 Å². The Morgan fingerprint density at radius 2 is 2.04 bits per heavy atom. The lowest BCUT2D eigenvalue weighted by atomic mass is 9.97. The van der Waals surface area contributed by atoms with Crippen molar-refractivity contribution < 1.29 is 8.42 Å². The fraction of sp³-hybridized carbons (Fsp3) is 0.471. The van der Waals surface area contributed by atoms with Gasteiger partial charge < -0.3 is 4.57 Å². The molecule has 0 aliphatic carbocycles. The molecule has 2 aromatic rings. The number of nitrogens with zero attached hydrogens (tertiary/aromatic N) is 3. The normalized spacial score (nSPS) is 19.8. The number of piperidine rings is 1. The standard InChI is InChI=1S/C17H23N3O2S/c1-23(21,22)17-6-4-15(5-7-17)11-19-9-2-3-16(12-19)13-20-10-8-18-14-20/h4-8,10,14,16H,2-3,9,11-13H2,1H3. The van der Waals surface area contributed by atoms with Crippen molar-refractivity contribution in [1.82, 2.24) is 14.5 Å². The summed E-state index contributed by atoms with van der Waals surface area (Å²) in [7, 11) is -3.11. The summed E-state index contributed by atoms with van der Waals surface area (Å²) >= 11 is 0. The van der Waals surface area contributed by atoms with E-state index < -0.39 is 9.84 Å². The van der Waals surface area contributed by atoms with Crippen LogP contribution < -0.4 is 0 Å². The molecule has 0 bridgehead atoms. The highest BCUT2D eigenvalue weighted by Gasteiger charge is 2.20. The third-order valence-corrected chi connectivity index (χ3v) is 5.52. The maximum atomic E-state index is 11.5. The summed E-state index contributed by atoms with van der Waals surface area (Å²) in [4.78, 5) is 6.95. The first-order valence-electron chi connectivity index (χ1n) is 7.98. The van der Waals surface area contributed by atoms with Gasteiger partial charge in [0.15, 0.2) is 9.84 Å². The molecule has 23 heavy (non-hydrogen) atoms. The van der Waals surface area contributed by atoms with E-state index in [0.717, 1.165) is 26.2 Å². The molecule has 1 aliphatic heterocycles. The van der Waals surface area contributed by atoms with Gasteiger partial charge >= 0.3 is 0 Å². The summed E-state index contributed by atoms with van der Waals surface area (Å²) in [6, 6.07) is 7.26. The molecule has 5 nitrogen and oxygen atoms in total. The molecular weight excluding hydrogens is 310 g/mol. The highest BCUT2D eigenvalue weighted by molar-refractivity contribution is 7.90. The SMILES string of the molecule is CS(=O)(=O)c1ccc(CN2CCCC(Cn3ccnc3)C2)cc1. The molecule has 124 valence electrons. The second-order valence-corrected chi connectivity index (χ2v) is 8.43. The lowest BCUT2D eigenvalue weighted by molar-refractivity contribution is 0.156. The van der Waals surface area contributed by atoms with Gasteiger partial charge in [0.05, 0.1) is 11.2 Å². The minimum absolute atomic E-state index is 0.387. The summed E-state index contributed by atoms with van der Waals surface area (Å²) in [5.41, 5.74) is 1.17. The molecule has 0 saturated carbocycles. The molecule has 1 atom stereocenters. The number of sulfone groups is 1. The van der Waals surface area contributed by atoms with Gasteiger partial charge in [0.25, 0.3) is 0 Å². The van der Waals surface area contributed by atoms with E-state index >= 15 is 0 Å². The Morgan fingerprint density at radius 3 is 2.70 bits per heavy atom. The Balaban J connectivity index is 1.59. The zero-order chi connectivity index (χ0) is 16.3. The lowest BCUT2D eigenvalue weighted by Gasteiger charge is -2.33. The van der Waals surface area contributed by atoms with Crippen LogP contribution in [0.25, 0.3) is 0 Å². The van der Waals surface area contributed by atoms with Crippen molar-refractivity contribution in [1.29, 1.82) is 0 Å². The Hall–Kier alpha value is -1.66. The first-order valence-corrected chi connectivity index (χ1v) is 9.87. The van der Waals surface area contributed by atoms with Gasteiger partial charge in [0, 0.05) is 38.3 Å². The Kier molecular flexibility index (Phi) is 4.82. The van der Waals surface area contributed by atoms with Crippen molar-refractivity contribution >= 4 is 9.84 Å². The van der Waals surface area contributed by atoms with Crippen molar-refractivity contribution in [3.63, 3.8) is 0 Å². The molecule has 0 amide bonds. The van der Waals surface area contributed by atoms with E-state index in [2.05, 4.69) is 14.5 Å². The molecule has 0 spiro atoms. The number of likely N-dealkylation sites (tertiary alicyclic amines) is 1. The Morgan fingerprint density at radius 1 is 1.26 bits per heavy atom. The number of aromatic nitrogens is 2. The van der Waals surface area contributed by atoms with Crippen LogP contribution in [-0.4, -0.2) is 42.2 Å². The molecule has 1 aromatic heterocycles. The van der Waals surface area contributed by atoms with Crippen LogP contribution in [0.4, 0.5) is 0 Å². The number of hydrogen-bond donors (Lipinski definition) is 0. The highest BCUT2D eigenvalue weighted by atomic mass is 32.2. The fourth-order valence-corrected chi connectivity index (χ4v) is 3.87. The minimum atomic E-state index is -3.11. The average Bonchev–Trinajstić information content (AvgIpc) is 3.00. The largest absolute Gasteiger partial charge is 0.337 e. The summed E-state index contributed by atoms with van der Waals surface area (Å²) in [6.45, 7) is 4.08. The van der Waals surface area contributed by atoms with E-state index in [9.17, 15) is 8.42 Å². The zero-order valence-electron chi connectivity index (χ0n) is 13.4. The zero-order valence-corrected chi connectivity index (χ0v) is 14.2. The van der Waals surface area contributed by atoms with Gasteiger partial charge in [-0.15, -0.1) is 0 Å². The molecule has 1 fully saturated rings. The van der Waals surface area contributed by atoms with E-state index in [4.69, 9.17) is 0 Å². The maximum Gasteiger partial charge on any atom is 0.175 e. The molecule has 1 saturated heterocycles. The molecular formula is C17H23N3O2S. The number of rotatable bonds is 5. The maximum absolute atomic E-state index is 11.5. The van der Waals surface area contributed by atoms with E-state index in [0.29, 0.717) is 10.8 Å². The van der Waals surface area contributed by atoms with Gasteiger partial charge in [-0.1, -0.05) is 12.1 Å². The second kappa shape index (κ2) is 6.84. The summed E-state index contributed by atoms with van der Waals surface area (Å²) < 4.78 is 25.2. The van der Waals surface area contributed by atoms with Crippen molar-refractivity contribution in [2.45, 2.75) is 30.8 Å². The number of benzene rings is 1. The Bertz CT molecular complexity index is 724. The summed E-state index contributed by atoms with van der Waals surface area (Å²) in [5, 5.41) is 0. The monoisotopic (exact) mass is 333 g/mol. The van der Waals surface area contributed by atoms with E-state index in [1.54, 1.807) is 12.1 Å². The fourth-order valence-electron chi connectivity index (χ4n) is 3.24. The van der Waals surface area contributed by atoms with Crippen LogP contribution in [0, 0.1) is 5.92 Å². The quantitative estimate of drug-likeness (QED) is 0.842. The van der Waals surface area contributed by atoms with E-state index in [-0.39, 0.29) is 0 Å². The summed E-state index contributed by atoms with van der Waals surface area (Å²) in [6.07, 6.45) is 9.42. The van der Waals surface area contributed by atoms with Crippen LogP contribution in [0.15, 0.2) is 47.9 Å². The number of imidazole rings is 1. The smallest absolute Gasteiger partial charge is 0.175 e. The van der Waals surface area contributed by atoms with Gasteiger partial charge in [0.1, 0.15) is 0 Å². The highest BCUT2D eigenvalue weighted by Crippen LogP contribution is 2.20. The van der Waals surface area contributed by atoms with Crippen LogP contribution in [0.2, 0.25) is 0 Å². The van der Waals surface area contributed by atoms with Crippen molar-refractivity contribution in [3.8, 4) is 0 Å². The van der Waals surface area contributed by atoms with Gasteiger partial charge in [-0.05, 0) is 43.0 Å². The van der Waals surface area contributed by atoms with Crippen LogP contribution in [0.1, 0.15) is 18.4 Å². The van der Waals surface area contributed by atoms with Crippen molar-refractivity contribution in [2.24, 2.45) is 5.92 Å². The second-order valence-electron chi connectivity index (χ2n) is 6.42. The van der Waals surface area contributed by atoms with Crippen LogP contribution in [0.5, 0.6) is 0 Å². The predicted octanol–water partition coefficient (Wildman–Crippen LogP) is 2.20. The molecule has 2 heterocycles. The Labute approximate surface area is 137 Å². The van der Waals surface area contributed by atoms with Crippen LogP contribution in [-0.2, 0) is 22.9 Å². The molecule has 0 N–H and O–H groups in total. The minimum Gasteiger partial charge on any atom is -0.337 e. The van der Waals surface area contributed by atoms with Crippen LogP contribution >= 0.6 is 0 Å². The van der Waals surface area contributed by atoms with Crippen LogP contribution in [0.3, 0.4) is 0 Å². The first kappa shape index (κ1) is 16.2. The van der Waals surface area contributed by atoms with Gasteiger partial charge in [-0.2, -0.15) is 0 Å². The topological polar surface area (TPSA) is 55.2 Å². The molecule has 1 aliphatic rings. The number of hydrogen-bond acceptors (Lipinski definition) is 4. The molecule has 6 heteroatoms. The molecule has 0 radical (unpaired) electrons. The molecule has 1 aromatic carbocycles. The van der Waals surface area contributed by atoms with Gasteiger partial charge in [0.2, 0.25) is 0 Å². The van der Waals surface area contributed by atoms with Crippen molar-refractivity contribution in [3.05, 3.63) is 48.5 Å². The first-order chi connectivity index (χ1) is 11.0. The van der Waals surface area contributed by atoms with Crippen molar-refractivity contribution in [2.75, 3.05) is 19.3 Å². The predicted molar refractivity (Wildman–Crippen MR) is 89.8 cm³/mol. The lowest BCUT2D eigenvalue weighted by Crippen LogP contribution is -2.36. The molecule has 1 unspecified atom stereocenters. The average molecular weight is 333 g/mol. The third-order valence-electron chi connectivity index (χ3n) is 4.39.